The Bertz CT molecular complexity index is 561. The zero-order valence-corrected chi connectivity index (χ0v) is 13.5. The van der Waals surface area contributed by atoms with E-state index in [1.165, 1.54) is 36.1 Å². The summed E-state index contributed by atoms with van der Waals surface area (Å²) in [6.07, 6.45) is 7.31. The average Bonchev–Trinajstić information content (AvgIpc) is 3.11. The van der Waals surface area contributed by atoms with Gasteiger partial charge in [-0.25, -0.2) is 5.01 Å². The van der Waals surface area contributed by atoms with E-state index in [9.17, 15) is 0 Å². The molecule has 0 aromatic heterocycles. The Balaban J connectivity index is 1.60. The van der Waals surface area contributed by atoms with Gasteiger partial charge in [-0.3, -0.25) is 9.71 Å². The number of guanidine groups is 1. The molecule has 1 aromatic rings. The highest BCUT2D eigenvalue weighted by atomic mass is 32.2. The molecule has 1 aliphatic carbocycles. The van der Waals surface area contributed by atoms with Crippen LogP contribution in [0.5, 0.6) is 0 Å². The highest BCUT2D eigenvalue weighted by Gasteiger charge is 2.39. The van der Waals surface area contributed by atoms with Crippen molar-refractivity contribution in [2.75, 3.05) is 13.6 Å². The molecule has 1 heterocycles. The predicted molar refractivity (Wildman–Crippen MR) is 89.6 cm³/mol. The molecule has 1 aliphatic heterocycles. The number of nitrogens with zero attached hydrogens (tertiary/aromatic N) is 3. The summed E-state index contributed by atoms with van der Waals surface area (Å²) in [5, 5.41) is 6.58. The van der Waals surface area contributed by atoms with Gasteiger partial charge in [-0.2, -0.15) is 5.10 Å². The van der Waals surface area contributed by atoms with Gasteiger partial charge >= 0.3 is 0 Å². The molecule has 1 spiro atoms. The summed E-state index contributed by atoms with van der Waals surface area (Å²) in [5.74, 6) is 0.835. The fourth-order valence-corrected chi connectivity index (χ4v) is 3.86. The van der Waals surface area contributed by atoms with E-state index in [0.29, 0.717) is 5.41 Å². The summed E-state index contributed by atoms with van der Waals surface area (Å²) < 4.78 is 3.34. The van der Waals surface area contributed by atoms with Gasteiger partial charge in [0.25, 0.3) is 0 Å². The molecule has 0 unspecified atom stereocenters. The second-order valence-corrected chi connectivity index (χ2v) is 6.82. The van der Waals surface area contributed by atoms with Crippen molar-refractivity contribution in [3.63, 3.8) is 0 Å². The van der Waals surface area contributed by atoms with Crippen LogP contribution in [0, 0.1) is 12.3 Å². The molecule has 0 saturated heterocycles. The smallest absolute Gasteiger partial charge is 0.225 e. The van der Waals surface area contributed by atoms with Crippen LogP contribution in [0.3, 0.4) is 0 Å². The fraction of sp³-hybridized carbons (Fsp3) is 0.500. The third kappa shape index (κ3) is 3.23. The van der Waals surface area contributed by atoms with E-state index in [4.69, 9.17) is 0 Å². The van der Waals surface area contributed by atoms with Crippen molar-refractivity contribution in [1.29, 1.82) is 0 Å². The monoisotopic (exact) mass is 302 g/mol. The van der Waals surface area contributed by atoms with Gasteiger partial charge in [0, 0.05) is 23.6 Å². The summed E-state index contributed by atoms with van der Waals surface area (Å²) in [6.45, 7) is 3.06. The number of hydrogen-bond acceptors (Lipinski definition) is 3. The van der Waals surface area contributed by atoms with E-state index >= 15 is 0 Å². The molecule has 0 bridgehead atoms. The molecule has 21 heavy (non-hydrogen) atoms. The van der Waals surface area contributed by atoms with E-state index < -0.39 is 0 Å². The van der Waals surface area contributed by atoms with Crippen LogP contribution >= 0.6 is 11.9 Å². The van der Waals surface area contributed by atoms with Crippen molar-refractivity contribution in [1.82, 2.24) is 9.73 Å². The Kier molecular flexibility index (Phi) is 4.19. The van der Waals surface area contributed by atoms with Crippen LogP contribution in [0.25, 0.3) is 0 Å². The molecule has 4 nitrogen and oxygen atoms in total. The maximum atomic E-state index is 4.57. The van der Waals surface area contributed by atoms with Crippen LogP contribution in [0.4, 0.5) is 0 Å². The Morgan fingerprint density at radius 2 is 2.19 bits per heavy atom. The molecule has 0 atom stereocenters. The summed E-state index contributed by atoms with van der Waals surface area (Å²) in [6, 6.07) is 8.44. The van der Waals surface area contributed by atoms with Crippen LogP contribution in [0.1, 0.15) is 31.2 Å². The van der Waals surface area contributed by atoms with E-state index in [1.54, 1.807) is 11.9 Å². The van der Waals surface area contributed by atoms with Crippen molar-refractivity contribution < 1.29 is 0 Å². The van der Waals surface area contributed by atoms with Gasteiger partial charge in [0.15, 0.2) is 0 Å². The minimum atomic E-state index is 0.297. The maximum absolute atomic E-state index is 4.57. The van der Waals surface area contributed by atoms with Crippen LogP contribution in [0.2, 0.25) is 0 Å². The molecule has 1 saturated carbocycles. The van der Waals surface area contributed by atoms with Crippen molar-refractivity contribution in [3.05, 3.63) is 29.8 Å². The van der Waals surface area contributed by atoms with Gasteiger partial charge in [0.05, 0.1) is 6.54 Å². The second-order valence-electron chi connectivity index (χ2n) is 5.94. The van der Waals surface area contributed by atoms with Gasteiger partial charge < -0.3 is 0 Å². The lowest BCUT2D eigenvalue weighted by molar-refractivity contribution is 0.343. The third-order valence-corrected chi connectivity index (χ3v) is 5.02. The minimum Gasteiger partial charge on any atom is -0.295 e. The zero-order chi connectivity index (χ0) is 14.7. The first kappa shape index (κ1) is 14.4. The van der Waals surface area contributed by atoms with E-state index in [-0.39, 0.29) is 0 Å². The largest absolute Gasteiger partial charge is 0.295 e. The lowest BCUT2D eigenvalue weighted by Crippen LogP contribution is -2.37. The molecular formula is C16H22N4S. The Hall–Kier alpha value is -1.49. The van der Waals surface area contributed by atoms with Crippen LogP contribution in [0.15, 0.2) is 39.3 Å². The van der Waals surface area contributed by atoms with Crippen molar-refractivity contribution in [3.8, 4) is 0 Å². The number of aliphatic imine (C=N–C) groups is 1. The van der Waals surface area contributed by atoms with Crippen LogP contribution in [-0.4, -0.2) is 30.8 Å². The Labute approximate surface area is 130 Å². The van der Waals surface area contributed by atoms with Gasteiger partial charge in [-0.15, -0.1) is 0 Å². The van der Waals surface area contributed by atoms with Crippen LogP contribution in [-0.2, 0) is 0 Å². The van der Waals surface area contributed by atoms with Crippen molar-refractivity contribution >= 4 is 24.1 Å². The lowest BCUT2D eigenvalue weighted by atomic mass is 9.88. The number of hydrogen-bond donors (Lipinski definition) is 1. The maximum Gasteiger partial charge on any atom is 0.225 e. The first-order chi connectivity index (χ1) is 10.2. The molecule has 2 aliphatic rings. The van der Waals surface area contributed by atoms with E-state index in [0.717, 1.165) is 12.5 Å². The summed E-state index contributed by atoms with van der Waals surface area (Å²) in [4.78, 5) is 5.55. The summed E-state index contributed by atoms with van der Waals surface area (Å²) >= 11 is 1.59. The summed E-state index contributed by atoms with van der Waals surface area (Å²) in [5.41, 5.74) is 1.56. The highest BCUT2D eigenvalue weighted by molar-refractivity contribution is 7.98. The van der Waals surface area contributed by atoms with Gasteiger partial charge in [-0.1, -0.05) is 25.0 Å². The quantitative estimate of drug-likeness (QED) is 0.517. The number of nitrogens with one attached hydrogen (secondary N) is 1. The number of aryl methyl sites for hydroxylation is 1. The molecule has 5 heteroatoms. The van der Waals surface area contributed by atoms with Gasteiger partial charge in [-0.05, 0) is 49.4 Å². The van der Waals surface area contributed by atoms with Gasteiger partial charge in [0.1, 0.15) is 0 Å². The molecule has 112 valence electrons. The van der Waals surface area contributed by atoms with Gasteiger partial charge in [0.2, 0.25) is 5.96 Å². The van der Waals surface area contributed by atoms with Crippen molar-refractivity contribution in [2.45, 2.75) is 37.5 Å². The SMILES string of the molecule is CN=C(NSc1cccc(C)c1)N1CC2(C=N1)CCCC2. The zero-order valence-electron chi connectivity index (χ0n) is 12.7. The Morgan fingerprint density at radius 3 is 2.90 bits per heavy atom. The predicted octanol–water partition coefficient (Wildman–Crippen LogP) is 3.44. The van der Waals surface area contributed by atoms with E-state index in [1.807, 2.05) is 12.1 Å². The normalized spacial score (nSPS) is 20.5. The van der Waals surface area contributed by atoms with Crippen molar-refractivity contribution in [2.24, 2.45) is 15.5 Å². The number of benzene rings is 1. The third-order valence-electron chi connectivity index (χ3n) is 4.24. The minimum absolute atomic E-state index is 0.297. The molecule has 3 rings (SSSR count). The topological polar surface area (TPSA) is 40.0 Å². The molecule has 1 N–H and O–H groups in total. The van der Waals surface area contributed by atoms with Crippen LogP contribution < -0.4 is 4.72 Å². The molecular weight excluding hydrogens is 280 g/mol. The molecule has 1 aromatic carbocycles. The Morgan fingerprint density at radius 1 is 1.38 bits per heavy atom. The van der Waals surface area contributed by atoms with E-state index in [2.05, 4.69) is 52.2 Å². The molecule has 0 radical (unpaired) electrons. The number of rotatable bonds is 2. The standard InChI is InChI=1S/C16H22N4S/c1-13-6-5-7-14(10-13)21-19-15(17-2)20-12-16(11-18-20)8-3-4-9-16/h5-7,10-11H,3-4,8-9,12H2,1-2H3,(H,17,19). The average molecular weight is 302 g/mol. The first-order valence-electron chi connectivity index (χ1n) is 7.50. The lowest BCUT2D eigenvalue weighted by Gasteiger charge is -2.23. The number of hydrazone groups is 1. The molecule has 1 fully saturated rings. The fourth-order valence-electron chi connectivity index (χ4n) is 3.07. The molecule has 0 amide bonds. The summed E-state index contributed by atoms with van der Waals surface area (Å²) in [7, 11) is 1.81. The highest BCUT2D eigenvalue weighted by Crippen LogP contribution is 2.40. The first-order valence-corrected chi connectivity index (χ1v) is 8.31. The second kappa shape index (κ2) is 6.10.